The lowest BCUT2D eigenvalue weighted by atomic mass is 10.0. The highest BCUT2D eigenvalue weighted by Crippen LogP contribution is 2.26. The van der Waals surface area contributed by atoms with Crippen LogP contribution in [0, 0.1) is 0 Å². The van der Waals surface area contributed by atoms with Crippen LogP contribution in [0.3, 0.4) is 0 Å². The monoisotopic (exact) mass is 221 g/mol. The van der Waals surface area contributed by atoms with E-state index < -0.39 is 0 Å². The third-order valence-corrected chi connectivity index (χ3v) is 2.84. The van der Waals surface area contributed by atoms with Crippen molar-refractivity contribution in [3.05, 3.63) is 66.7 Å². The average Bonchev–Trinajstić information content (AvgIpc) is 2.41. The second kappa shape index (κ2) is 3.95. The van der Waals surface area contributed by atoms with E-state index in [1.54, 1.807) is 6.07 Å². The van der Waals surface area contributed by atoms with E-state index in [9.17, 15) is 5.11 Å². The summed E-state index contributed by atoms with van der Waals surface area (Å²) >= 11 is 0. The van der Waals surface area contributed by atoms with Gasteiger partial charge in [-0.05, 0) is 40.1 Å². The van der Waals surface area contributed by atoms with Crippen molar-refractivity contribution < 1.29 is 6.48 Å². The molecule has 0 aromatic heterocycles. The quantitative estimate of drug-likeness (QED) is 0.652. The fraction of sp³-hybridized carbons (Fsp3) is 0. The number of phenols is 1. The summed E-state index contributed by atoms with van der Waals surface area (Å²) < 4.78 is 7.89. The number of hydrogen-bond donors (Lipinski definition) is 1. The van der Waals surface area contributed by atoms with Gasteiger partial charge in [0.2, 0.25) is 0 Å². The summed E-state index contributed by atoms with van der Waals surface area (Å²) in [5.41, 5.74) is 1.70. The lowest BCUT2D eigenvalue weighted by Crippen LogP contribution is -1.78. The minimum Gasteiger partial charge on any atom is -0.508 e. The van der Waals surface area contributed by atoms with Crippen molar-refractivity contribution in [3.63, 3.8) is 0 Å². The third kappa shape index (κ3) is 1.87. The Balaban J connectivity index is 2.22. The number of rotatable bonds is 1. The Morgan fingerprint density at radius 1 is 0.765 bits per heavy atom. The molecule has 0 saturated heterocycles. The Bertz CT molecular complexity index is 719. The van der Waals surface area contributed by atoms with Gasteiger partial charge in [-0.25, -0.2) is 0 Å². The number of fused-ring (bicyclic) bond motifs is 1. The van der Waals surface area contributed by atoms with Gasteiger partial charge in [0.05, 0.1) is 1.37 Å². The van der Waals surface area contributed by atoms with Gasteiger partial charge in [-0.3, -0.25) is 0 Å². The van der Waals surface area contributed by atoms with Crippen LogP contribution in [-0.2, 0) is 0 Å². The van der Waals surface area contributed by atoms with Crippen LogP contribution in [0.2, 0.25) is 0 Å². The van der Waals surface area contributed by atoms with Crippen molar-refractivity contribution in [3.8, 4) is 16.9 Å². The number of benzene rings is 3. The molecule has 82 valence electrons. The summed E-state index contributed by atoms with van der Waals surface area (Å²) in [4.78, 5) is 0. The fourth-order valence-electron chi connectivity index (χ4n) is 1.98. The maximum atomic E-state index is 9.59. The van der Waals surface area contributed by atoms with E-state index in [-0.39, 0.29) is 11.8 Å². The normalized spacial score (nSPS) is 11.4. The zero-order chi connectivity index (χ0) is 12.5. The molecule has 1 heteroatoms. The second-order valence-corrected chi connectivity index (χ2v) is 4.01. The lowest BCUT2D eigenvalue weighted by Gasteiger charge is -2.04. The van der Waals surface area contributed by atoms with Crippen molar-refractivity contribution in [1.82, 2.24) is 0 Å². The van der Waals surface area contributed by atoms with Crippen LogP contribution in [0.1, 0.15) is 1.37 Å². The van der Waals surface area contributed by atoms with Gasteiger partial charge in [0.25, 0.3) is 0 Å². The van der Waals surface area contributed by atoms with E-state index in [4.69, 9.17) is 1.37 Å². The molecule has 0 saturated carbocycles. The van der Waals surface area contributed by atoms with E-state index >= 15 is 0 Å². The first kappa shape index (κ1) is 8.82. The van der Waals surface area contributed by atoms with Gasteiger partial charge in [-0.15, -0.1) is 0 Å². The molecule has 3 rings (SSSR count). The molecule has 1 N–H and O–H groups in total. The summed E-state index contributed by atoms with van der Waals surface area (Å²) in [6, 6.07) is 19.5. The summed E-state index contributed by atoms with van der Waals surface area (Å²) in [5.74, 6) is 0.0145. The van der Waals surface area contributed by atoms with Gasteiger partial charge in [-0.1, -0.05) is 48.5 Å². The van der Waals surface area contributed by atoms with Crippen molar-refractivity contribution in [1.29, 1.82) is 0 Å². The van der Waals surface area contributed by atoms with Gasteiger partial charge in [0.1, 0.15) is 5.75 Å². The maximum Gasteiger partial charge on any atom is 0.116 e. The molecule has 0 bridgehead atoms. The van der Waals surface area contributed by atoms with E-state index in [1.807, 2.05) is 42.5 Å². The second-order valence-electron chi connectivity index (χ2n) is 4.01. The van der Waals surface area contributed by atoms with Gasteiger partial charge < -0.3 is 5.11 Å². The molecular weight excluding hydrogens is 208 g/mol. The maximum absolute atomic E-state index is 9.59. The smallest absolute Gasteiger partial charge is 0.116 e. The molecule has 0 heterocycles. The van der Waals surface area contributed by atoms with Crippen molar-refractivity contribution >= 4 is 10.8 Å². The molecule has 0 unspecified atom stereocenters. The molecule has 0 radical (unpaired) electrons. The van der Waals surface area contributed by atoms with Gasteiger partial charge >= 0.3 is 0 Å². The fourth-order valence-corrected chi connectivity index (χ4v) is 1.98. The molecule has 0 amide bonds. The zero-order valence-electron chi connectivity index (χ0n) is 10.2. The molecule has 0 fully saturated rings. The minimum absolute atomic E-state index is 0.0145. The predicted octanol–water partition coefficient (Wildman–Crippen LogP) is 4.21. The van der Waals surface area contributed by atoms with Crippen LogP contribution in [0.15, 0.2) is 66.7 Å². The Kier molecular flexibility index (Phi) is 2.05. The summed E-state index contributed by atoms with van der Waals surface area (Å²) in [7, 11) is 0. The van der Waals surface area contributed by atoms with Crippen molar-refractivity contribution in [2.75, 3.05) is 0 Å². The largest absolute Gasteiger partial charge is 0.508 e. The molecule has 0 aliphatic rings. The topological polar surface area (TPSA) is 20.2 Å². The van der Waals surface area contributed by atoms with Crippen LogP contribution >= 0.6 is 0 Å². The van der Waals surface area contributed by atoms with E-state index in [1.165, 1.54) is 11.5 Å². The predicted molar refractivity (Wildman–Crippen MR) is 71.0 cm³/mol. The number of hydrogen-bond acceptors (Lipinski definition) is 1. The molecule has 3 aromatic rings. The molecule has 0 aliphatic carbocycles. The zero-order valence-corrected chi connectivity index (χ0v) is 9.22. The molecule has 3 aromatic carbocycles. The standard InChI is InChI=1S/C16H12O/c17-16-7-3-6-14(11-16)15-9-8-12-4-1-2-5-13(12)10-15/h1-11,17H/i11D. The third-order valence-electron chi connectivity index (χ3n) is 2.84. The van der Waals surface area contributed by atoms with Crippen molar-refractivity contribution in [2.45, 2.75) is 0 Å². The van der Waals surface area contributed by atoms with Crippen LogP contribution < -0.4 is 0 Å². The summed E-state index contributed by atoms with van der Waals surface area (Å²) in [6.45, 7) is 0. The Hall–Kier alpha value is -2.28. The molecule has 0 atom stereocenters. The minimum atomic E-state index is 0.0145. The molecular formula is C16H12O. The first-order valence-corrected chi connectivity index (χ1v) is 5.53. The van der Waals surface area contributed by atoms with Crippen LogP contribution in [0.4, 0.5) is 0 Å². The van der Waals surface area contributed by atoms with Gasteiger partial charge in [-0.2, -0.15) is 0 Å². The first-order valence-electron chi connectivity index (χ1n) is 6.03. The van der Waals surface area contributed by atoms with E-state index in [2.05, 4.69) is 6.07 Å². The van der Waals surface area contributed by atoms with Crippen LogP contribution in [0.5, 0.6) is 5.75 Å². The summed E-state index contributed by atoms with van der Waals surface area (Å²) in [5, 5.41) is 11.9. The Morgan fingerprint density at radius 2 is 1.59 bits per heavy atom. The van der Waals surface area contributed by atoms with E-state index in [0.717, 1.165) is 16.5 Å². The lowest BCUT2D eigenvalue weighted by molar-refractivity contribution is 0.475. The molecule has 0 aliphatic heterocycles. The molecule has 17 heavy (non-hydrogen) atoms. The highest BCUT2D eigenvalue weighted by Gasteiger charge is 2.00. The SMILES string of the molecule is [2H]c1c(O)cccc1-c1ccc2ccccc2c1. The Labute approximate surface area is 101 Å². The first-order chi connectivity index (χ1) is 8.75. The van der Waals surface area contributed by atoms with Gasteiger partial charge in [0.15, 0.2) is 0 Å². The summed E-state index contributed by atoms with van der Waals surface area (Å²) in [6.07, 6.45) is 0. The van der Waals surface area contributed by atoms with Crippen LogP contribution in [0.25, 0.3) is 21.9 Å². The van der Waals surface area contributed by atoms with E-state index in [0.29, 0.717) is 0 Å². The number of aromatic hydroxyl groups is 1. The van der Waals surface area contributed by atoms with Crippen molar-refractivity contribution in [2.24, 2.45) is 0 Å². The number of phenolic OH excluding ortho intramolecular Hbond substituents is 1. The highest BCUT2D eigenvalue weighted by molar-refractivity contribution is 5.87. The van der Waals surface area contributed by atoms with Gasteiger partial charge in [0, 0.05) is 0 Å². The highest BCUT2D eigenvalue weighted by atomic mass is 16.3. The average molecular weight is 221 g/mol. The van der Waals surface area contributed by atoms with Crippen LogP contribution in [-0.4, -0.2) is 5.11 Å². The molecule has 0 spiro atoms. The Morgan fingerprint density at radius 3 is 2.47 bits per heavy atom. The molecule has 1 nitrogen and oxygen atoms in total.